The van der Waals surface area contributed by atoms with Crippen molar-refractivity contribution in [2.45, 2.75) is 83.5 Å². The number of hydrogen-bond acceptors (Lipinski definition) is 7. The lowest BCUT2D eigenvalue weighted by Gasteiger charge is -2.27. The van der Waals surface area contributed by atoms with Gasteiger partial charge in [-0.15, -0.1) is 0 Å². The van der Waals surface area contributed by atoms with Gasteiger partial charge >= 0.3 is 5.97 Å². The maximum absolute atomic E-state index is 12.8. The molecule has 0 bridgehead atoms. The molecule has 0 spiro atoms. The Morgan fingerprint density at radius 2 is 1.53 bits per heavy atom. The lowest BCUT2D eigenvalue weighted by Crippen LogP contribution is -2.58. The second-order valence-corrected chi connectivity index (χ2v) is 7.90. The average Bonchev–Trinajstić information content (AvgIpc) is 2.73. The molecule has 0 fully saturated rings. The van der Waals surface area contributed by atoms with Crippen LogP contribution >= 0.6 is 0 Å². The van der Waals surface area contributed by atoms with Gasteiger partial charge in [0, 0.05) is 6.42 Å². The maximum atomic E-state index is 12.8. The van der Waals surface area contributed by atoms with Crippen molar-refractivity contribution >= 4 is 29.6 Å². The third-order valence-corrected chi connectivity index (χ3v) is 5.15. The number of aliphatic carboxylic acids is 1. The summed E-state index contributed by atoms with van der Waals surface area (Å²) < 4.78 is 0. The number of carboxylic acids is 1. The quantitative estimate of drug-likeness (QED) is 0.132. The molecule has 0 aromatic rings. The summed E-state index contributed by atoms with van der Waals surface area (Å²) >= 11 is 0. The van der Waals surface area contributed by atoms with E-state index in [4.69, 9.17) is 17.2 Å². The van der Waals surface area contributed by atoms with Crippen LogP contribution < -0.4 is 33.2 Å². The summed E-state index contributed by atoms with van der Waals surface area (Å²) in [6, 6.07) is -4.12. The van der Waals surface area contributed by atoms with E-state index in [1.165, 1.54) is 6.92 Å². The Balaban J connectivity index is 5.04. The van der Waals surface area contributed by atoms with Crippen LogP contribution in [0, 0.1) is 5.92 Å². The van der Waals surface area contributed by atoms with Crippen molar-refractivity contribution in [3.8, 4) is 0 Å². The fraction of sp³-hybridized carbons (Fsp3) is 0.750. The van der Waals surface area contributed by atoms with E-state index in [0.717, 1.165) is 0 Å². The number of unbranched alkanes of at least 4 members (excludes halogenated alkanes) is 1. The fourth-order valence-electron chi connectivity index (χ4n) is 2.81. The van der Waals surface area contributed by atoms with Crippen LogP contribution in [0.25, 0.3) is 0 Å². The zero-order valence-corrected chi connectivity index (χ0v) is 19.1. The molecule has 5 unspecified atom stereocenters. The van der Waals surface area contributed by atoms with Crippen LogP contribution in [0.4, 0.5) is 0 Å². The Labute approximate surface area is 188 Å². The van der Waals surface area contributed by atoms with E-state index in [0.29, 0.717) is 25.8 Å². The minimum Gasteiger partial charge on any atom is -0.480 e. The van der Waals surface area contributed by atoms with Crippen LogP contribution in [0.5, 0.6) is 0 Å². The molecule has 0 radical (unpaired) electrons. The second kappa shape index (κ2) is 15.1. The molecule has 12 heteroatoms. The maximum Gasteiger partial charge on any atom is 0.326 e. The van der Waals surface area contributed by atoms with Crippen molar-refractivity contribution in [2.24, 2.45) is 23.1 Å². The van der Waals surface area contributed by atoms with Crippen molar-refractivity contribution in [1.29, 1.82) is 0 Å². The number of amides is 4. The molecule has 0 saturated heterocycles. The van der Waals surface area contributed by atoms with Crippen molar-refractivity contribution in [2.75, 3.05) is 6.54 Å². The van der Waals surface area contributed by atoms with E-state index in [1.807, 2.05) is 6.92 Å². The highest BCUT2D eigenvalue weighted by Gasteiger charge is 2.30. The first kappa shape index (κ1) is 29.3. The van der Waals surface area contributed by atoms with Crippen LogP contribution in [0.1, 0.15) is 59.3 Å². The predicted molar refractivity (Wildman–Crippen MR) is 118 cm³/mol. The highest BCUT2D eigenvalue weighted by atomic mass is 16.4. The van der Waals surface area contributed by atoms with Gasteiger partial charge in [-0.05, 0) is 45.1 Å². The molecule has 32 heavy (non-hydrogen) atoms. The number of carbonyl (C=O) groups excluding carboxylic acids is 4. The van der Waals surface area contributed by atoms with Crippen molar-refractivity contribution < 1.29 is 29.1 Å². The minimum atomic E-state index is -1.18. The first-order valence-corrected chi connectivity index (χ1v) is 10.8. The smallest absolute Gasteiger partial charge is 0.326 e. The molecule has 10 N–H and O–H groups in total. The van der Waals surface area contributed by atoms with Gasteiger partial charge in [-0.3, -0.25) is 19.2 Å². The number of hydrogen-bond donors (Lipinski definition) is 7. The Morgan fingerprint density at radius 3 is 2.03 bits per heavy atom. The van der Waals surface area contributed by atoms with Gasteiger partial charge in [-0.1, -0.05) is 20.3 Å². The fourth-order valence-corrected chi connectivity index (χ4v) is 2.81. The SMILES string of the molecule is CCC(C)C(NC(=O)C(N)CCC(N)=O)C(=O)NC(C)C(=O)NC(CCCCN)C(=O)O. The van der Waals surface area contributed by atoms with Gasteiger partial charge < -0.3 is 38.3 Å². The Kier molecular flexibility index (Phi) is 13.8. The molecule has 0 aliphatic carbocycles. The van der Waals surface area contributed by atoms with Gasteiger partial charge in [0.1, 0.15) is 18.1 Å². The number of carboxylic acid groups (broad SMARTS) is 1. The van der Waals surface area contributed by atoms with Crippen LogP contribution in [0.15, 0.2) is 0 Å². The molecule has 4 amide bonds. The van der Waals surface area contributed by atoms with Crippen LogP contribution in [-0.2, 0) is 24.0 Å². The number of primary amides is 1. The zero-order valence-electron chi connectivity index (χ0n) is 19.1. The van der Waals surface area contributed by atoms with Crippen molar-refractivity contribution in [3.63, 3.8) is 0 Å². The standard InChI is InChI=1S/C20H38N6O6/c1-4-11(2)16(26-18(29)13(22)8-9-15(23)27)19(30)24-12(3)17(28)25-14(20(31)32)7-5-6-10-21/h11-14,16H,4-10,21-22H2,1-3H3,(H2,23,27)(H,24,30)(H,25,28)(H,26,29)(H,31,32). The molecule has 0 aliphatic heterocycles. The normalized spacial score (nSPS) is 15.5. The topological polar surface area (TPSA) is 220 Å². The van der Waals surface area contributed by atoms with Gasteiger partial charge in [-0.2, -0.15) is 0 Å². The third kappa shape index (κ3) is 11.0. The molecular weight excluding hydrogens is 420 g/mol. The van der Waals surface area contributed by atoms with Gasteiger partial charge in [0.05, 0.1) is 6.04 Å². The Morgan fingerprint density at radius 1 is 0.906 bits per heavy atom. The van der Waals surface area contributed by atoms with Crippen molar-refractivity contribution in [1.82, 2.24) is 16.0 Å². The summed E-state index contributed by atoms with van der Waals surface area (Å²) in [6.07, 6.45) is 1.90. The van der Waals surface area contributed by atoms with Gasteiger partial charge in [0.25, 0.3) is 0 Å². The summed E-state index contributed by atoms with van der Waals surface area (Å²) in [5.74, 6) is -3.93. The van der Waals surface area contributed by atoms with E-state index < -0.39 is 53.8 Å². The molecule has 0 rings (SSSR count). The minimum absolute atomic E-state index is 0.0373. The third-order valence-electron chi connectivity index (χ3n) is 5.15. The number of carbonyl (C=O) groups is 5. The zero-order chi connectivity index (χ0) is 24.8. The lowest BCUT2D eigenvalue weighted by atomic mass is 9.97. The molecule has 0 saturated carbocycles. The van der Waals surface area contributed by atoms with E-state index in [1.54, 1.807) is 6.92 Å². The molecule has 0 aromatic carbocycles. The van der Waals surface area contributed by atoms with Crippen molar-refractivity contribution in [3.05, 3.63) is 0 Å². The molecular formula is C20H38N6O6. The number of nitrogens with two attached hydrogens (primary N) is 3. The van der Waals surface area contributed by atoms with Crippen LogP contribution in [0.3, 0.4) is 0 Å². The molecule has 12 nitrogen and oxygen atoms in total. The molecule has 0 heterocycles. The highest BCUT2D eigenvalue weighted by Crippen LogP contribution is 2.09. The van der Waals surface area contributed by atoms with Gasteiger partial charge in [0.2, 0.25) is 23.6 Å². The average molecular weight is 459 g/mol. The van der Waals surface area contributed by atoms with E-state index in [2.05, 4.69) is 16.0 Å². The van der Waals surface area contributed by atoms with E-state index >= 15 is 0 Å². The predicted octanol–water partition coefficient (Wildman–Crippen LogP) is -1.69. The summed E-state index contributed by atoms with van der Waals surface area (Å²) in [4.78, 5) is 59.7. The summed E-state index contributed by atoms with van der Waals surface area (Å²) in [6.45, 7) is 5.42. The molecule has 184 valence electrons. The first-order valence-electron chi connectivity index (χ1n) is 10.8. The highest BCUT2D eigenvalue weighted by molar-refractivity contribution is 5.94. The summed E-state index contributed by atoms with van der Waals surface area (Å²) in [5.41, 5.74) is 16.2. The second-order valence-electron chi connectivity index (χ2n) is 7.90. The van der Waals surface area contributed by atoms with Gasteiger partial charge in [-0.25, -0.2) is 4.79 Å². The number of rotatable bonds is 16. The molecule has 5 atom stereocenters. The number of nitrogens with one attached hydrogen (secondary N) is 3. The lowest BCUT2D eigenvalue weighted by molar-refractivity contribution is -0.142. The van der Waals surface area contributed by atoms with Crippen LogP contribution in [0.2, 0.25) is 0 Å². The van der Waals surface area contributed by atoms with E-state index in [-0.39, 0.29) is 25.2 Å². The summed E-state index contributed by atoms with van der Waals surface area (Å²) in [7, 11) is 0. The largest absolute Gasteiger partial charge is 0.480 e. The molecule has 0 aromatic heterocycles. The Bertz CT molecular complexity index is 658. The molecule has 0 aliphatic rings. The monoisotopic (exact) mass is 458 g/mol. The van der Waals surface area contributed by atoms with Crippen LogP contribution in [-0.4, -0.2) is 65.4 Å². The van der Waals surface area contributed by atoms with Gasteiger partial charge in [0.15, 0.2) is 0 Å². The van der Waals surface area contributed by atoms with E-state index in [9.17, 15) is 29.1 Å². The summed E-state index contributed by atoms with van der Waals surface area (Å²) in [5, 5.41) is 16.8. The Hall–Kier alpha value is -2.73. The first-order chi connectivity index (χ1) is 14.9.